The van der Waals surface area contributed by atoms with Crippen molar-refractivity contribution in [3.8, 4) is 6.07 Å². The average molecular weight is 880 g/mol. The number of carbonyl (C=O) groups excluding carboxylic acids is 3. The number of carbonyl (C=O) groups is 3. The Bertz CT molecular complexity index is 2800. The number of aliphatic imine (C=N–C) groups is 1. The van der Waals surface area contributed by atoms with E-state index in [-0.39, 0.29) is 28.0 Å². The Labute approximate surface area is 367 Å². The van der Waals surface area contributed by atoms with Crippen LogP contribution in [0, 0.1) is 43.0 Å². The zero-order chi connectivity index (χ0) is 51.0. The van der Waals surface area contributed by atoms with Crippen LogP contribution in [0.4, 0.5) is 50.4 Å². The number of hydrogen-bond donors (Lipinski definition) is 3. The quantitative estimate of drug-likeness (QED) is 0.0723. The zero-order valence-corrected chi connectivity index (χ0v) is 34.2. The van der Waals surface area contributed by atoms with Crippen molar-refractivity contribution in [3.05, 3.63) is 135 Å². The number of nitriles is 1. The van der Waals surface area contributed by atoms with Crippen LogP contribution >= 0.6 is 24.4 Å². The number of thiocarbonyl (C=S) groups is 2. The highest BCUT2D eigenvalue weighted by Gasteiger charge is 2.50. The first-order valence-corrected chi connectivity index (χ1v) is 17.9. The molecule has 1 aliphatic rings. The van der Waals surface area contributed by atoms with E-state index in [2.05, 4.69) is 32.2 Å². The van der Waals surface area contributed by atoms with Gasteiger partial charge in [0.1, 0.15) is 17.2 Å². The Balaban J connectivity index is 0.000000291. The molecule has 0 aromatic heterocycles. The Morgan fingerprint density at radius 3 is 2.00 bits per heavy atom. The van der Waals surface area contributed by atoms with Crippen LogP contribution in [-0.2, 0) is 11.0 Å². The molecule has 1 aliphatic heterocycles. The first-order valence-electron chi connectivity index (χ1n) is 20.1. The lowest BCUT2D eigenvalue weighted by atomic mass is 10.0. The number of alkyl halides is 3. The number of rotatable bonds is 7. The fraction of sp³-hybridized carbons (Fsp3) is 0.238. The molecule has 1 saturated heterocycles. The highest BCUT2D eigenvalue weighted by molar-refractivity contribution is 7.81. The van der Waals surface area contributed by atoms with Crippen molar-refractivity contribution in [2.24, 2.45) is 4.99 Å². The molecule has 5 rings (SSSR count). The van der Waals surface area contributed by atoms with E-state index in [0.29, 0.717) is 22.6 Å². The smallest absolute Gasteiger partial charge is 0.355 e. The third kappa shape index (κ3) is 11.3. The molecule has 61 heavy (non-hydrogen) atoms. The molecule has 19 heteroatoms. The number of hydrogen-bond acceptors (Lipinski definition) is 8. The van der Waals surface area contributed by atoms with Crippen LogP contribution in [0.25, 0.3) is 9.69 Å². The van der Waals surface area contributed by atoms with Gasteiger partial charge in [-0.2, -0.15) is 23.4 Å². The normalized spacial score (nSPS) is 14.7. The topological polar surface area (TPSA) is 139 Å². The van der Waals surface area contributed by atoms with Gasteiger partial charge in [0.2, 0.25) is 0 Å². The number of halogens is 5. The lowest BCUT2D eigenvalue weighted by molar-refractivity contribution is -0.137. The van der Waals surface area contributed by atoms with Gasteiger partial charge < -0.3 is 20.9 Å². The molecule has 1 heterocycles. The molecule has 314 valence electrons. The summed E-state index contributed by atoms with van der Waals surface area (Å²) in [4.78, 5) is 49.8. The Morgan fingerprint density at radius 1 is 0.918 bits per heavy atom. The van der Waals surface area contributed by atoms with Crippen LogP contribution in [0.2, 0.25) is 0 Å². The fourth-order valence-electron chi connectivity index (χ4n) is 5.47. The first-order chi connectivity index (χ1) is 30.8. The molecule has 3 amide bonds. The zero-order valence-electron chi connectivity index (χ0n) is 38.5. The van der Waals surface area contributed by atoms with E-state index in [0.717, 1.165) is 30.3 Å². The number of benzene rings is 4. The minimum Gasteiger partial charge on any atom is -0.355 e. The second-order valence-corrected chi connectivity index (χ2v) is 14.1. The number of aryl methyl sites for hydroxylation is 1. The molecule has 3 N–H and O–H groups in total. The van der Waals surface area contributed by atoms with Gasteiger partial charge >= 0.3 is 6.18 Å². The van der Waals surface area contributed by atoms with Crippen molar-refractivity contribution in [3.63, 3.8) is 0 Å². The summed E-state index contributed by atoms with van der Waals surface area (Å²) in [7, 11) is 0. The molecule has 0 spiro atoms. The summed E-state index contributed by atoms with van der Waals surface area (Å²) < 4.78 is 108. The van der Waals surface area contributed by atoms with Gasteiger partial charge in [-0.05, 0) is 118 Å². The van der Waals surface area contributed by atoms with Crippen molar-refractivity contribution in [1.82, 2.24) is 10.6 Å². The number of nitrogens with zero attached hydrogens (tertiary/aromatic N) is 6. The first kappa shape index (κ1) is 39.4. The largest absolute Gasteiger partial charge is 0.417 e. The monoisotopic (exact) mass is 879 g/mol. The van der Waals surface area contributed by atoms with Crippen LogP contribution in [0.5, 0.6) is 0 Å². The van der Waals surface area contributed by atoms with Gasteiger partial charge in [0.15, 0.2) is 10.8 Å². The fourth-order valence-corrected chi connectivity index (χ4v) is 6.09. The molecule has 4 aromatic carbocycles. The molecule has 0 saturated carbocycles. The van der Waals surface area contributed by atoms with Crippen LogP contribution in [-0.4, -0.2) is 53.1 Å². The molecular formula is C42H36F5N9O3S2. The molecule has 0 radical (unpaired) electrons. The van der Waals surface area contributed by atoms with E-state index in [1.54, 1.807) is 63.5 Å². The molecule has 0 unspecified atom stereocenters. The second kappa shape index (κ2) is 19.8. The SMILES string of the molecule is N#Cc1ccc(N=C=S)cc1C(F)(F)F.[2H]C([2H])([2H])NC(=O)c1ccc(N2C(=S)N(c3ccc([N+]#[C-])c(C)c3)C(=O)C2(C)C)cc1F.[2H]C([2H])([2H])NC(=O)c1ccc(NC(C)(C)[N+]#[C-])cc1F. The Kier molecular flexibility index (Phi) is 12.8. The lowest BCUT2D eigenvalue weighted by Gasteiger charge is -2.29. The van der Waals surface area contributed by atoms with Gasteiger partial charge in [-0.15, -0.1) is 0 Å². The van der Waals surface area contributed by atoms with E-state index in [1.807, 2.05) is 5.16 Å². The van der Waals surface area contributed by atoms with E-state index >= 15 is 0 Å². The summed E-state index contributed by atoms with van der Waals surface area (Å²) in [6, 6.07) is 16.6. The average Bonchev–Trinajstić information content (AvgIpc) is 3.38. The molecule has 4 aromatic rings. The maximum absolute atomic E-state index is 14.7. The Morgan fingerprint density at radius 2 is 1.51 bits per heavy atom. The maximum Gasteiger partial charge on any atom is 0.417 e. The van der Waals surface area contributed by atoms with Crippen molar-refractivity contribution in [2.45, 2.75) is 52.0 Å². The van der Waals surface area contributed by atoms with E-state index in [9.17, 15) is 36.3 Å². The summed E-state index contributed by atoms with van der Waals surface area (Å²) in [5.41, 5.74) is -2.15. The van der Waals surface area contributed by atoms with Crippen LogP contribution in [0.1, 0.15) is 73.3 Å². The summed E-state index contributed by atoms with van der Waals surface area (Å²) >= 11 is 9.82. The van der Waals surface area contributed by atoms with E-state index in [4.69, 9.17) is 38.8 Å². The molecule has 12 nitrogen and oxygen atoms in total. The van der Waals surface area contributed by atoms with Crippen molar-refractivity contribution >= 4 is 80.9 Å². The van der Waals surface area contributed by atoms with E-state index < -0.39 is 71.5 Å². The molecule has 0 atom stereocenters. The highest BCUT2D eigenvalue weighted by Crippen LogP contribution is 2.38. The van der Waals surface area contributed by atoms with Gasteiger partial charge in [-0.3, -0.25) is 24.1 Å². The van der Waals surface area contributed by atoms with Gasteiger partial charge in [0.25, 0.3) is 23.4 Å². The molecular weight excluding hydrogens is 838 g/mol. The predicted molar refractivity (Wildman–Crippen MR) is 229 cm³/mol. The van der Waals surface area contributed by atoms with Gasteiger partial charge in [-0.25, -0.2) is 20.2 Å². The summed E-state index contributed by atoms with van der Waals surface area (Å²) in [5, 5.41) is 16.8. The summed E-state index contributed by atoms with van der Waals surface area (Å²) in [5.74, 6) is -4.26. The molecule has 0 aliphatic carbocycles. The van der Waals surface area contributed by atoms with E-state index in [1.165, 1.54) is 40.1 Å². The van der Waals surface area contributed by atoms with Crippen molar-refractivity contribution < 1.29 is 44.6 Å². The molecule has 1 fully saturated rings. The summed E-state index contributed by atoms with van der Waals surface area (Å²) in [6.07, 6.45) is -4.57. The van der Waals surface area contributed by atoms with Gasteiger partial charge in [0, 0.05) is 53.1 Å². The number of anilines is 3. The minimum atomic E-state index is -4.57. The Hall–Kier alpha value is -7.10. The maximum atomic E-state index is 14.7. The minimum absolute atomic E-state index is 0.0244. The number of amides is 3. The highest BCUT2D eigenvalue weighted by atomic mass is 32.1. The molecule has 0 bridgehead atoms. The van der Waals surface area contributed by atoms with Gasteiger partial charge in [0.05, 0.1) is 45.7 Å². The summed E-state index contributed by atoms with van der Waals surface area (Å²) in [6.45, 7) is 17.0. The van der Waals surface area contributed by atoms with Crippen molar-refractivity contribution in [1.29, 1.82) is 5.26 Å². The number of isothiocyanates is 1. The van der Waals surface area contributed by atoms with Crippen LogP contribution < -0.4 is 25.8 Å². The third-order valence-corrected chi connectivity index (χ3v) is 8.91. The van der Waals surface area contributed by atoms with Crippen LogP contribution in [0.3, 0.4) is 0 Å². The van der Waals surface area contributed by atoms with Gasteiger partial charge in [-0.1, -0.05) is 6.07 Å². The second-order valence-electron chi connectivity index (χ2n) is 13.5. The number of nitrogens with one attached hydrogen (secondary N) is 3. The predicted octanol–water partition coefficient (Wildman–Crippen LogP) is 9.53. The van der Waals surface area contributed by atoms with Crippen LogP contribution in [0.15, 0.2) is 77.8 Å². The van der Waals surface area contributed by atoms with Crippen molar-refractivity contribution in [2.75, 3.05) is 29.1 Å². The third-order valence-electron chi connectivity index (χ3n) is 8.46. The standard InChI is InChI=1S/C21H19FN4O2S.C12H14FN3O.C9H3F3N2S/c1-12-10-13(7-9-17(12)23-4)25-19(28)21(2,3)26(20(25)29)14-6-8-15(16(22)11-14)18(27)24-5;1-12(2,15-4)16-8-5-6-9(10(13)7-8)11(17)14-3;10-9(11,12)8-3-7(14-5-15)2-1-6(8)4-13/h6-11H,1-3,5H3,(H,24,27);5-7,16H,1-3H3,(H,14,17);1-3H/i5D3;3D3;. The lowest BCUT2D eigenvalue weighted by Crippen LogP contribution is -2.44.